The molecular weight excluding hydrogens is 376 g/mol. The molecule has 0 unspecified atom stereocenters. The third kappa shape index (κ3) is 3.76. The van der Waals surface area contributed by atoms with Crippen LogP contribution in [0.5, 0.6) is 5.75 Å². The van der Waals surface area contributed by atoms with Crippen LogP contribution in [0.2, 0.25) is 0 Å². The topological polar surface area (TPSA) is 44.1 Å². The zero-order valence-corrected chi connectivity index (χ0v) is 14.9. The van der Waals surface area contributed by atoms with Gasteiger partial charge < -0.3 is 4.74 Å². The van der Waals surface area contributed by atoms with E-state index in [1.807, 2.05) is 42.5 Å². The van der Waals surface area contributed by atoms with Crippen LogP contribution in [-0.4, -0.2) is 21.9 Å². The van der Waals surface area contributed by atoms with Crippen molar-refractivity contribution in [2.75, 3.05) is 12.4 Å². The molecule has 4 nitrogen and oxygen atoms in total. The summed E-state index contributed by atoms with van der Waals surface area (Å²) in [6, 6.07) is 15.1. The molecule has 1 heterocycles. The molecule has 6 heteroatoms. The number of thioether (sulfide) groups is 1. The fourth-order valence-corrected chi connectivity index (χ4v) is 3.34. The molecule has 23 heavy (non-hydrogen) atoms. The Morgan fingerprint density at radius 2 is 2.04 bits per heavy atom. The van der Waals surface area contributed by atoms with Gasteiger partial charge in [0.2, 0.25) is 0 Å². The fraction of sp³-hybridized carbons (Fsp3) is 0.176. The van der Waals surface area contributed by atoms with E-state index >= 15 is 0 Å². The molecule has 3 rings (SSSR count). The number of hydrogen-bond donors (Lipinski definition) is 0. The molecule has 0 saturated heterocycles. The summed E-state index contributed by atoms with van der Waals surface area (Å²) in [4.78, 5) is 16.9. The van der Waals surface area contributed by atoms with Gasteiger partial charge in [-0.15, -0.1) is 0 Å². The summed E-state index contributed by atoms with van der Waals surface area (Å²) in [5.41, 5.74) is 0.706. The molecule has 0 amide bonds. The van der Waals surface area contributed by atoms with Crippen molar-refractivity contribution < 1.29 is 4.74 Å². The van der Waals surface area contributed by atoms with Crippen LogP contribution in [0.25, 0.3) is 10.9 Å². The van der Waals surface area contributed by atoms with E-state index in [1.54, 1.807) is 17.7 Å². The lowest BCUT2D eigenvalue weighted by atomic mass is 10.2. The van der Waals surface area contributed by atoms with Crippen molar-refractivity contribution in [1.29, 1.82) is 0 Å². The Bertz CT molecular complexity index is 895. The Morgan fingerprint density at radius 1 is 1.22 bits per heavy atom. The van der Waals surface area contributed by atoms with Gasteiger partial charge >= 0.3 is 0 Å². The summed E-state index contributed by atoms with van der Waals surface area (Å²) < 4.78 is 8.28. The number of nitrogens with zero attached hydrogens (tertiary/aromatic N) is 2. The number of benzene rings is 2. The van der Waals surface area contributed by atoms with E-state index in [9.17, 15) is 4.79 Å². The number of para-hydroxylation sites is 1. The monoisotopic (exact) mass is 390 g/mol. The number of rotatable bonds is 5. The maximum Gasteiger partial charge on any atom is 0.261 e. The number of hydrogen-bond acceptors (Lipinski definition) is 4. The van der Waals surface area contributed by atoms with Crippen molar-refractivity contribution in [2.24, 2.45) is 7.05 Å². The predicted octanol–water partition coefficient (Wildman–Crippen LogP) is 3.87. The zero-order chi connectivity index (χ0) is 16.2. The molecule has 118 valence electrons. The van der Waals surface area contributed by atoms with Crippen molar-refractivity contribution in [1.82, 2.24) is 9.55 Å². The van der Waals surface area contributed by atoms with E-state index in [-0.39, 0.29) is 5.56 Å². The molecule has 2 aromatic carbocycles. The normalized spacial score (nSPS) is 10.9. The summed E-state index contributed by atoms with van der Waals surface area (Å²) in [6.45, 7) is 0.545. The molecule has 1 aromatic heterocycles. The second-order valence-electron chi connectivity index (χ2n) is 4.93. The van der Waals surface area contributed by atoms with Crippen molar-refractivity contribution in [3.63, 3.8) is 0 Å². The molecule has 0 aliphatic rings. The fourth-order valence-electron chi connectivity index (χ4n) is 2.18. The van der Waals surface area contributed by atoms with Gasteiger partial charge in [-0.3, -0.25) is 9.36 Å². The van der Waals surface area contributed by atoms with Gasteiger partial charge in [0, 0.05) is 17.3 Å². The Morgan fingerprint density at radius 3 is 2.87 bits per heavy atom. The summed E-state index contributed by atoms with van der Waals surface area (Å²) >= 11 is 4.93. The van der Waals surface area contributed by atoms with E-state index in [2.05, 4.69) is 20.9 Å². The predicted molar refractivity (Wildman–Crippen MR) is 97.3 cm³/mol. The summed E-state index contributed by atoms with van der Waals surface area (Å²) in [6.07, 6.45) is 0. The molecule has 0 bridgehead atoms. The van der Waals surface area contributed by atoms with Crippen LogP contribution in [0.3, 0.4) is 0 Å². The van der Waals surface area contributed by atoms with Crippen LogP contribution >= 0.6 is 27.7 Å². The molecule has 0 aliphatic heterocycles. The number of ether oxygens (including phenoxy) is 1. The molecule has 0 N–H and O–H groups in total. The second-order valence-corrected chi connectivity index (χ2v) is 6.91. The number of fused-ring (bicyclic) bond motifs is 1. The SMILES string of the molecule is Cn1c(SCCOc2cccc(Br)c2)nc2ccccc2c1=O. The van der Waals surface area contributed by atoms with Crippen LogP contribution in [-0.2, 0) is 7.05 Å². The molecular formula is C17H15BrN2O2S. The highest BCUT2D eigenvalue weighted by Crippen LogP contribution is 2.19. The van der Waals surface area contributed by atoms with Crippen LogP contribution in [0.15, 0.2) is 63.0 Å². The second kappa shape index (κ2) is 7.19. The number of halogens is 1. The Kier molecular flexibility index (Phi) is 5.03. The molecule has 0 fully saturated rings. The quantitative estimate of drug-likeness (QED) is 0.376. The first-order valence-electron chi connectivity index (χ1n) is 7.12. The Balaban J connectivity index is 1.68. The largest absolute Gasteiger partial charge is 0.493 e. The van der Waals surface area contributed by atoms with Crippen LogP contribution in [0, 0.1) is 0 Å². The lowest BCUT2D eigenvalue weighted by Crippen LogP contribution is -2.20. The average Bonchev–Trinajstić information content (AvgIpc) is 2.56. The van der Waals surface area contributed by atoms with Gasteiger partial charge in [-0.05, 0) is 30.3 Å². The van der Waals surface area contributed by atoms with Crippen LogP contribution in [0.1, 0.15) is 0 Å². The third-order valence-corrected chi connectivity index (χ3v) is 4.81. The van der Waals surface area contributed by atoms with Crippen molar-refractivity contribution in [3.8, 4) is 5.75 Å². The van der Waals surface area contributed by atoms with E-state index < -0.39 is 0 Å². The third-order valence-electron chi connectivity index (χ3n) is 3.32. The van der Waals surface area contributed by atoms with Crippen LogP contribution < -0.4 is 10.3 Å². The molecule has 0 aliphatic carbocycles. The van der Waals surface area contributed by atoms with E-state index in [0.29, 0.717) is 22.9 Å². The Hall–Kier alpha value is -1.79. The summed E-state index contributed by atoms with van der Waals surface area (Å²) in [5, 5.41) is 1.34. The van der Waals surface area contributed by atoms with Gasteiger partial charge in [0.25, 0.3) is 5.56 Å². The molecule has 0 atom stereocenters. The van der Waals surface area contributed by atoms with E-state index in [1.165, 1.54) is 11.8 Å². The standard InChI is InChI=1S/C17H15BrN2O2S/c1-20-16(21)14-7-2-3-8-15(14)19-17(20)23-10-9-22-13-6-4-5-12(18)11-13/h2-8,11H,9-10H2,1H3. The van der Waals surface area contributed by atoms with Gasteiger partial charge in [-0.25, -0.2) is 4.98 Å². The highest BCUT2D eigenvalue weighted by Gasteiger charge is 2.08. The molecule has 0 saturated carbocycles. The van der Waals surface area contributed by atoms with Crippen molar-refractivity contribution in [2.45, 2.75) is 5.16 Å². The summed E-state index contributed by atoms with van der Waals surface area (Å²) in [7, 11) is 1.75. The van der Waals surface area contributed by atoms with Crippen molar-refractivity contribution >= 4 is 38.6 Å². The highest BCUT2D eigenvalue weighted by atomic mass is 79.9. The first-order chi connectivity index (χ1) is 11.1. The number of aromatic nitrogens is 2. The van der Waals surface area contributed by atoms with E-state index in [0.717, 1.165) is 15.7 Å². The molecule has 0 spiro atoms. The minimum absolute atomic E-state index is 0.0222. The minimum atomic E-state index is -0.0222. The van der Waals surface area contributed by atoms with E-state index in [4.69, 9.17) is 4.74 Å². The molecule has 0 radical (unpaired) electrons. The van der Waals surface area contributed by atoms with Gasteiger partial charge in [0.05, 0.1) is 17.5 Å². The first-order valence-corrected chi connectivity index (χ1v) is 8.90. The van der Waals surface area contributed by atoms with Crippen LogP contribution in [0.4, 0.5) is 0 Å². The summed E-state index contributed by atoms with van der Waals surface area (Å²) in [5.74, 6) is 1.53. The van der Waals surface area contributed by atoms with Gasteiger partial charge in [0.15, 0.2) is 5.16 Å². The van der Waals surface area contributed by atoms with Gasteiger partial charge in [0.1, 0.15) is 5.75 Å². The molecule has 3 aromatic rings. The maximum atomic E-state index is 12.3. The van der Waals surface area contributed by atoms with Gasteiger partial charge in [-0.2, -0.15) is 0 Å². The average molecular weight is 391 g/mol. The first kappa shape index (κ1) is 16.1. The lowest BCUT2D eigenvalue weighted by Gasteiger charge is -2.09. The minimum Gasteiger partial charge on any atom is -0.493 e. The zero-order valence-electron chi connectivity index (χ0n) is 12.5. The van der Waals surface area contributed by atoms with Gasteiger partial charge in [-0.1, -0.05) is 45.9 Å². The van der Waals surface area contributed by atoms with Crippen molar-refractivity contribution in [3.05, 3.63) is 63.4 Å². The smallest absolute Gasteiger partial charge is 0.261 e. The maximum absolute atomic E-state index is 12.3. The highest BCUT2D eigenvalue weighted by molar-refractivity contribution is 9.10. The Labute approximate surface area is 146 Å². The lowest BCUT2D eigenvalue weighted by molar-refractivity contribution is 0.343.